The van der Waals surface area contributed by atoms with Crippen molar-refractivity contribution >= 4 is 34.4 Å². The van der Waals surface area contributed by atoms with Gasteiger partial charge in [0.05, 0.1) is 12.0 Å². The lowest BCUT2D eigenvalue weighted by atomic mass is 10.1. The van der Waals surface area contributed by atoms with E-state index in [1.165, 1.54) is 0 Å². The molecule has 4 nitrogen and oxygen atoms in total. The lowest BCUT2D eigenvalue weighted by Crippen LogP contribution is -2.38. The van der Waals surface area contributed by atoms with E-state index >= 15 is 0 Å². The van der Waals surface area contributed by atoms with Crippen LogP contribution in [0.2, 0.25) is 0 Å². The smallest absolute Gasteiger partial charge is 0.254 e. The van der Waals surface area contributed by atoms with Gasteiger partial charge in [0.25, 0.3) is 5.91 Å². The molecule has 0 spiro atoms. The van der Waals surface area contributed by atoms with Crippen LogP contribution in [0, 0.1) is 3.57 Å². The summed E-state index contributed by atoms with van der Waals surface area (Å²) in [5.74, 6) is 0.192. The predicted molar refractivity (Wildman–Crippen MR) is 106 cm³/mol. The molecule has 1 fully saturated rings. The molecule has 0 radical (unpaired) electrons. The number of hydrogen-bond acceptors (Lipinski definition) is 2. The number of rotatable bonds is 3. The average molecular weight is 448 g/mol. The van der Waals surface area contributed by atoms with Gasteiger partial charge in [-0.3, -0.25) is 9.59 Å². The predicted octanol–water partition coefficient (Wildman–Crippen LogP) is 3.21. The van der Waals surface area contributed by atoms with Crippen molar-refractivity contribution in [3.8, 4) is 0 Å². The minimum Gasteiger partial charge on any atom is -0.341 e. The van der Waals surface area contributed by atoms with Crippen LogP contribution in [0.5, 0.6) is 0 Å². The molecule has 25 heavy (non-hydrogen) atoms. The summed E-state index contributed by atoms with van der Waals surface area (Å²) in [6.45, 7) is 2.59. The van der Waals surface area contributed by atoms with E-state index in [4.69, 9.17) is 0 Å². The number of halogens is 1. The van der Waals surface area contributed by atoms with Crippen LogP contribution >= 0.6 is 22.6 Å². The molecule has 1 heterocycles. The van der Waals surface area contributed by atoms with E-state index in [9.17, 15) is 9.59 Å². The van der Waals surface area contributed by atoms with Crippen molar-refractivity contribution in [1.29, 1.82) is 0 Å². The Kier molecular flexibility index (Phi) is 6.07. The fourth-order valence-corrected chi connectivity index (χ4v) is 3.68. The maximum absolute atomic E-state index is 12.8. The fraction of sp³-hybridized carbons (Fsp3) is 0.300. The molecule has 3 rings (SSSR count). The first-order valence-corrected chi connectivity index (χ1v) is 9.58. The Bertz CT molecular complexity index is 748. The Balaban J connectivity index is 1.61. The number of amides is 2. The third-order valence-electron chi connectivity index (χ3n) is 4.44. The molecule has 0 N–H and O–H groups in total. The number of carbonyl (C=O) groups is 2. The molecule has 2 amide bonds. The van der Waals surface area contributed by atoms with Gasteiger partial charge in [0.15, 0.2) is 0 Å². The third kappa shape index (κ3) is 4.60. The zero-order valence-electron chi connectivity index (χ0n) is 14.0. The highest BCUT2D eigenvalue weighted by molar-refractivity contribution is 14.1. The van der Waals surface area contributed by atoms with Gasteiger partial charge in [-0.25, -0.2) is 0 Å². The maximum Gasteiger partial charge on any atom is 0.254 e. The van der Waals surface area contributed by atoms with E-state index < -0.39 is 0 Å². The second-order valence-electron chi connectivity index (χ2n) is 6.17. The van der Waals surface area contributed by atoms with Crippen LogP contribution in [0.1, 0.15) is 22.3 Å². The molecule has 0 saturated carbocycles. The van der Waals surface area contributed by atoms with E-state index in [-0.39, 0.29) is 11.8 Å². The van der Waals surface area contributed by atoms with Crippen LogP contribution in [0.4, 0.5) is 0 Å². The summed E-state index contributed by atoms with van der Waals surface area (Å²) < 4.78 is 0.964. The molecule has 2 aromatic rings. The molecule has 130 valence electrons. The molecule has 0 aromatic heterocycles. The monoisotopic (exact) mass is 448 g/mol. The first-order chi connectivity index (χ1) is 12.1. The van der Waals surface area contributed by atoms with Crippen LogP contribution in [0.25, 0.3) is 0 Å². The zero-order chi connectivity index (χ0) is 17.6. The molecule has 0 aliphatic carbocycles. The molecular formula is C20H21IN2O2. The van der Waals surface area contributed by atoms with E-state index in [2.05, 4.69) is 22.6 Å². The third-order valence-corrected chi connectivity index (χ3v) is 5.38. The summed E-state index contributed by atoms with van der Waals surface area (Å²) in [7, 11) is 0. The van der Waals surface area contributed by atoms with Gasteiger partial charge in [-0.05, 0) is 46.7 Å². The quantitative estimate of drug-likeness (QED) is 0.677. The lowest BCUT2D eigenvalue weighted by molar-refractivity contribution is -0.130. The van der Waals surface area contributed by atoms with Gasteiger partial charge in [0.1, 0.15) is 0 Å². The molecule has 0 bridgehead atoms. The molecule has 2 aromatic carbocycles. The number of benzene rings is 2. The van der Waals surface area contributed by atoms with E-state index in [1.54, 1.807) is 0 Å². The Morgan fingerprint density at radius 2 is 1.48 bits per heavy atom. The topological polar surface area (TPSA) is 40.6 Å². The fourth-order valence-electron chi connectivity index (χ4n) is 3.06. The van der Waals surface area contributed by atoms with Gasteiger partial charge >= 0.3 is 0 Å². The molecule has 0 unspecified atom stereocenters. The van der Waals surface area contributed by atoms with E-state index in [0.29, 0.717) is 32.6 Å². The van der Waals surface area contributed by atoms with Crippen molar-refractivity contribution in [2.24, 2.45) is 0 Å². The Morgan fingerprint density at radius 3 is 2.24 bits per heavy atom. The number of hydrogen-bond donors (Lipinski definition) is 0. The highest BCUT2D eigenvalue weighted by Gasteiger charge is 2.23. The highest BCUT2D eigenvalue weighted by Crippen LogP contribution is 2.16. The number of nitrogens with zero attached hydrogens (tertiary/aromatic N) is 2. The van der Waals surface area contributed by atoms with Crippen molar-refractivity contribution in [1.82, 2.24) is 9.80 Å². The van der Waals surface area contributed by atoms with Gasteiger partial charge in [-0.1, -0.05) is 42.5 Å². The van der Waals surface area contributed by atoms with Gasteiger partial charge in [-0.15, -0.1) is 0 Å². The lowest BCUT2D eigenvalue weighted by Gasteiger charge is -2.22. The van der Waals surface area contributed by atoms with Crippen LogP contribution in [-0.2, 0) is 11.2 Å². The minimum absolute atomic E-state index is 0.0577. The maximum atomic E-state index is 12.8. The molecule has 1 aliphatic heterocycles. The summed E-state index contributed by atoms with van der Waals surface area (Å²) in [6.07, 6.45) is 1.24. The van der Waals surface area contributed by atoms with Gasteiger partial charge in [0, 0.05) is 29.7 Å². The minimum atomic E-state index is 0.0577. The zero-order valence-corrected chi connectivity index (χ0v) is 16.2. The Labute approximate surface area is 162 Å². The average Bonchev–Trinajstić information content (AvgIpc) is 2.89. The van der Waals surface area contributed by atoms with Gasteiger partial charge < -0.3 is 9.80 Å². The number of carbonyl (C=O) groups excluding carboxylic acids is 2. The van der Waals surface area contributed by atoms with Gasteiger partial charge in [0.2, 0.25) is 5.91 Å². The first-order valence-electron chi connectivity index (χ1n) is 8.50. The van der Waals surface area contributed by atoms with Crippen molar-refractivity contribution in [3.63, 3.8) is 0 Å². The molecule has 1 aliphatic rings. The summed E-state index contributed by atoms with van der Waals surface area (Å²) in [6, 6.07) is 17.4. The normalized spacial score (nSPS) is 14.9. The van der Waals surface area contributed by atoms with Crippen molar-refractivity contribution in [2.75, 3.05) is 26.2 Å². The van der Waals surface area contributed by atoms with E-state index in [0.717, 1.165) is 21.1 Å². The molecule has 5 heteroatoms. The SMILES string of the molecule is O=C(Cc1ccccc1)N1CCCN(C(=O)c2ccccc2I)CC1. The van der Waals surface area contributed by atoms with Crippen molar-refractivity contribution in [3.05, 3.63) is 69.3 Å². The van der Waals surface area contributed by atoms with Crippen molar-refractivity contribution < 1.29 is 9.59 Å². The summed E-state index contributed by atoms with van der Waals surface area (Å²) in [4.78, 5) is 29.1. The first kappa shape index (κ1) is 17.9. The molecule has 0 atom stereocenters. The van der Waals surface area contributed by atoms with E-state index in [1.807, 2.05) is 64.4 Å². The summed E-state index contributed by atoms with van der Waals surface area (Å²) in [5, 5.41) is 0. The highest BCUT2D eigenvalue weighted by atomic mass is 127. The Hall–Kier alpha value is -1.89. The largest absolute Gasteiger partial charge is 0.341 e. The van der Waals surface area contributed by atoms with Crippen LogP contribution in [0.15, 0.2) is 54.6 Å². The van der Waals surface area contributed by atoms with Crippen LogP contribution < -0.4 is 0 Å². The second-order valence-corrected chi connectivity index (χ2v) is 7.33. The summed E-state index contributed by atoms with van der Waals surface area (Å²) in [5.41, 5.74) is 1.77. The van der Waals surface area contributed by atoms with Crippen molar-refractivity contribution in [2.45, 2.75) is 12.8 Å². The standard InChI is InChI=1S/C20H21IN2O2/c21-18-10-5-4-9-17(18)20(25)23-12-6-11-22(13-14-23)19(24)15-16-7-2-1-3-8-16/h1-5,7-10H,6,11-15H2. The van der Waals surface area contributed by atoms with Gasteiger partial charge in [-0.2, -0.15) is 0 Å². The molecular weight excluding hydrogens is 427 g/mol. The molecule has 1 saturated heterocycles. The Morgan fingerprint density at radius 1 is 0.840 bits per heavy atom. The van der Waals surface area contributed by atoms with Crippen LogP contribution in [0.3, 0.4) is 0 Å². The summed E-state index contributed by atoms with van der Waals surface area (Å²) >= 11 is 2.20. The second kappa shape index (κ2) is 8.47. The van der Waals surface area contributed by atoms with Crippen LogP contribution in [-0.4, -0.2) is 47.8 Å².